The van der Waals surface area contributed by atoms with Gasteiger partial charge in [0.1, 0.15) is 5.60 Å². The predicted octanol–water partition coefficient (Wildman–Crippen LogP) is 6.37. The van der Waals surface area contributed by atoms with Crippen molar-refractivity contribution in [2.75, 3.05) is 14.2 Å². The van der Waals surface area contributed by atoms with E-state index in [0.717, 1.165) is 47.3 Å². The molecule has 202 valence electrons. The molecule has 2 aromatic heterocycles. The molecule has 0 aliphatic heterocycles. The van der Waals surface area contributed by atoms with E-state index in [0.29, 0.717) is 17.0 Å². The molecule has 8 nitrogen and oxygen atoms in total. The van der Waals surface area contributed by atoms with Crippen molar-refractivity contribution < 1.29 is 23.8 Å². The summed E-state index contributed by atoms with van der Waals surface area (Å²) in [6.45, 7) is 5.57. The molecule has 1 saturated carbocycles. The Kier molecular flexibility index (Phi) is 6.80. The van der Waals surface area contributed by atoms with Crippen LogP contribution in [0, 0.1) is 0 Å². The zero-order chi connectivity index (χ0) is 27.8. The number of nitrogens with one attached hydrogen (secondary N) is 1. The molecule has 0 spiro atoms. The van der Waals surface area contributed by atoms with E-state index in [1.807, 2.05) is 79.8 Å². The van der Waals surface area contributed by atoms with Crippen molar-refractivity contribution in [2.24, 2.45) is 0 Å². The number of aromatic nitrogens is 2. The Bertz CT molecular complexity index is 1510. The van der Waals surface area contributed by atoms with Crippen LogP contribution in [0.5, 0.6) is 5.75 Å². The number of imidazole rings is 1. The smallest absolute Gasteiger partial charge is 0.408 e. The molecule has 0 bridgehead atoms. The number of ether oxygens (including phenoxy) is 3. The van der Waals surface area contributed by atoms with E-state index in [9.17, 15) is 9.59 Å². The van der Waals surface area contributed by atoms with Crippen molar-refractivity contribution in [1.29, 1.82) is 0 Å². The number of benzene rings is 2. The van der Waals surface area contributed by atoms with Crippen LogP contribution in [0.3, 0.4) is 0 Å². The Balaban J connectivity index is 1.59. The number of methoxy groups -OCH3 is 2. The fraction of sp³-hybridized carbons (Fsp3) is 0.323. The number of carbonyl (C=O) groups excluding carboxylic acids is 2. The first-order valence-corrected chi connectivity index (χ1v) is 13.0. The maximum atomic E-state index is 12.6. The van der Waals surface area contributed by atoms with Gasteiger partial charge in [-0.2, -0.15) is 0 Å². The topological polar surface area (TPSA) is 91.2 Å². The van der Waals surface area contributed by atoms with Crippen molar-refractivity contribution in [2.45, 2.75) is 51.2 Å². The number of esters is 1. The minimum absolute atomic E-state index is 0.360. The molecule has 0 atom stereocenters. The average molecular weight is 528 g/mol. The van der Waals surface area contributed by atoms with Crippen LogP contribution < -0.4 is 10.1 Å². The molecule has 2 aromatic carbocycles. The van der Waals surface area contributed by atoms with Gasteiger partial charge < -0.3 is 19.5 Å². The maximum absolute atomic E-state index is 12.6. The summed E-state index contributed by atoms with van der Waals surface area (Å²) < 4.78 is 18.0. The first kappa shape index (κ1) is 26.3. The highest BCUT2D eigenvalue weighted by molar-refractivity contribution is 5.92. The number of rotatable bonds is 6. The summed E-state index contributed by atoms with van der Waals surface area (Å²) in [6.07, 6.45) is 4.05. The average Bonchev–Trinajstić information content (AvgIpc) is 3.29. The second kappa shape index (κ2) is 10.1. The Morgan fingerprint density at radius 1 is 0.974 bits per heavy atom. The molecule has 1 N–H and O–H groups in total. The number of hydrogen-bond acceptors (Lipinski definition) is 6. The van der Waals surface area contributed by atoms with Gasteiger partial charge in [-0.25, -0.2) is 14.6 Å². The monoisotopic (exact) mass is 527 g/mol. The Morgan fingerprint density at radius 2 is 1.67 bits per heavy atom. The fourth-order valence-electron chi connectivity index (χ4n) is 5.03. The standard InChI is InChI=1S/C31H33N3O5/c1-30(2,3)39-29(36)33-31(16-9-17-31)23-14-12-20(13-15-23)25-26(21-10-7-6-8-11-21)34-19-22(28(35)38-5)18-24(37-4)27(34)32-25/h6-8,10-15,18-19H,9,16-17H2,1-5H3,(H,33,36). The minimum Gasteiger partial charge on any atom is -0.493 e. The molecular formula is C31H33N3O5. The quantitative estimate of drug-likeness (QED) is 0.293. The van der Waals surface area contributed by atoms with E-state index >= 15 is 0 Å². The van der Waals surface area contributed by atoms with Gasteiger partial charge in [-0.15, -0.1) is 0 Å². The van der Waals surface area contributed by atoms with E-state index in [1.54, 1.807) is 19.4 Å². The van der Waals surface area contributed by atoms with E-state index < -0.39 is 23.2 Å². The van der Waals surface area contributed by atoms with Crippen LogP contribution >= 0.6 is 0 Å². The van der Waals surface area contributed by atoms with Gasteiger partial charge in [-0.1, -0.05) is 54.6 Å². The zero-order valence-electron chi connectivity index (χ0n) is 22.9. The molecule has 1 amide bonds. The summed E-state index contributed by atoms with van der Waals surface area (Å²) in [5.41, 5.74) is 4.38. The van der Waals surface area contributed by atoms with Crippen LogP contribution in [-0.4, -0.2) is 41.3 Å². The first-order valence-electron chi connectivity index (χ1n) is 13.0. The highest BCUT2D eigenvalue weighted by Crippen LogP contribution is 2.43. The van der Waals surface area contributed by atoms with Gasteiger partial charge in [0.2, 0.25) is 0 Å². The predicted molar refractivity (Wildman–Crippen MR) is 149 cm³/mol. The van der Waals surface area contributed by atoms with Crippen molar-refractivity contribution in [3.05, 3.63) is 78.0 Å². The van der Waals surface area contributed by atoms with Crippen molar-refractivity contribution in [1.82, 2.24) is 14.7 Å². The number of hydrogen-bond donors (Lipinski definition) is 1. The fourth-order valence-corrected chi connectivity index (χ4v) is 5.03. The Morgan fingerprint density at radius 3 is 2.23 bits per heavy atom. The van der Waals surface area contributed by atoms with Crippen LogP contribution in [0.15, 0.2) is 66.9 Å². The molecule has 1 aliphatic rings. The van der Waals surface area contributed by atoms with E-state index in [4.69, 9.17) is 19.2 Å². The maximum Gasteiger partial charge on any atom is 0.408 e. The van der Waals surface area contributed by atoms with Crippen LogP contribution in [0.2, 0.25) is 0 Å². The lowest BCUT2D eigenvalue weighted by Crippen LogP contribution is -2.52. The minimum atomic E-state index is -0.565. The third kappa shape index (κ3) is 5.06. The number of amides is 1. The number of fused-ring (bicyclic) bond motifs is 1. The number of alkyl carbamates (subject to hydrolysis) is 1. The van der Waals surface area contributed by atoms with Gasteiger partial charge in [-0.05, 0) is 51.7 Å². The summed E-state index contributed by atoms with van der Waals surface area (Å²) >= 11 is 0. The summed E-state index contributed by atoms with van der Waals surface area (Å²) in [5.74, 6) is 0.00466. The molecule has 0 saturated heterocycles. The van der Waals surface area contributed by atoms with Gasteiger partial charge in [0.05, 0.1) is 36.7 Å². The Hall–Kier alpha value is -4.33. The zero-order valence-corrected chi connectivity index (χ0v) is 22.9. The summed E-state index contributed by atoms with van der Waals surface area (Å²) in [5, 5.41) is 3.12. The Labute approximate surface area is 227 Å². The molecule has 0 unspecified atom stereocenters. The van der Waals surface area contributed by atoms with Crippen LogP contribution in [-0.2, 0) is 15.0 Å². The lowest BCUT2D eigenvalue weighted by Gasteiger charge is -2.43. The first-order chi connectivity index (χ1) is 18.6. The van der Waals surface area contributed by atoms with Gasteiger partial charge >= 0.3 is 12.1 Å². The highest BCUT2D eigenvalue weighted by atomic mass is 16.6. The third-order valence-electron chi connectivity index (χ3n) is 7.03. The van der Waals surface area contributed by atoms with Gasteiger partial charge in [0, 0.05) is 17.3 Å². The number of carbonyl (C=O) groups is 2. The van der Waals surface area contributed by atoms with E-state index in [1.165, 1.54) is 7.11 Å². The summed E-state index contributed by atoms with van der Waals surface area (Å²) in [7, 11) is 2.90. The van der Waals surface area contributed by atoms with Crippen molar-refractivity contribution in [3.63, 3.8) is 0 Å². The molecule has 0 radical (unpaired) electrons. The van der Waals surface area contributed by atoms with Gasteiger partial charge in [0.25, 0.3) is 0 Å². The van der Waals surface area contributed by atoms with Crippen LogP contribution in [0.4, 0.5) is 4.79 Å². The molecule has 39 heavy (non-hydrogen) atoms. The molecule has 1 fully saturated rings. The van der Waals surface area contributed by atoms with Crippen LogP contribution in [0.1, 0.15) is 56.0 Å². The lowest BCUT2D eigenvalue weighted by atomic mass is 9.71. The van der Waals surface area contributed by atoms with Crippen LogP contribution in [0.25, 0.3) is 28.2 Å². The molecule has 1 aliphatic carbocycles. The number of pyridine rings is 1. The third-order valence-corrected chi connectivity index (χ3v) is 7.03. The second-order valence-corrected chi connectivity index (χ2v) is 10.8. The summed E-state index contributed by atoms with van der Waals surface area (Å²) in [6, 6.07) is 19.7. The normalized spacial score (nSPS) is 14.4. The molecule has 4 aromatic rings. The van der Waals surface area contributed by atoms with E-state index in [2.05, 4.69) is 5.32 Å². The molecule has 5 rings (SSSR count). The van der Waals surface area contributed by atoms with Gasteiger partial charge in [0.15, 0.2) is 11.4 Å². The second-order valence-electron chi connectivity index (χ2n) is 10.8. The van der Waals surface area contributed by atoms with Crippen molar-refractivity contribution >= 4 is 17.7 Å². The number of nitrogens with zero attached hydrogens (tertiary/aromatic N) is 2. The van der Waals surface area contributed by atoms with Gasteiger partial charge in [-0.3, -0.25) is 4.40 Å². The molecule has 8 heteroatoms. The molecular weight excluding hydrogens is 494 g/mol. The summed E-state index contributed by atoms with van der Waals surface area (Å²) in [4.78, 5) is 30.0. The molecule has 2 heterocycles. The van der Waals surface area contributed by atoms with E-state index in [-0.39, 0.29) is 0 Å². The highest BCUT2D eigenvalue weighted by Gasteiger charge is 2.41. The SMILES string of the molecule is COC(=O)c1cc(OC)c2nc(-c3ccc(C4(NC(=O)OC(C)(C)C)CCC4)cc3)c(-c3ccccc3)n2c1. The largest absolute Gasteiger partial charge is 0.493 e. The van der Waals surface area contributed by atoms with Crippen molar-refractivity contribution in [3.8, 4) is 28.3 Å². The lowest BCUT2D eigenvalue weighted by molar-refractivity contribution is 0.0377.